The van der Waals surface area contributed by atoms with Gasteiger partial charge in [0.15, 0.2) is 0 Å². The molecule has 108 valence electrons. The molecule has 0 aliphatic rings. The maximum atomic E-state index is 13.5. The number of hydrogen-bond donors (Lipinski definition) is 2. The predicted molar refractivity (Wildman–Crippen MR) is 74.2 cm³/mol. The minimum atomic E-state index is -1.27. The van der Waals surface area contributed by atoms with E-state index < -0.39 is 17.7 Å². The van der Waals surface area contributed by atoms with Crippen molar-refractivity contribution in [3.8, 4) is 6.07 Å². The van der Waals surface area contributed by atoms with E-state index in [2.05, 4.69) is 5.32 Å². The topological polar surface area (TPSA) is 56.0 Å². The normalized spacial score (nSPS) is 11.9. The molecule has 0 radical (unpaired) electrons. The fourth-order valence-electron chi connectivity index (χ4n) is 2.04. The molecule has 1 atom stereocenters. The van der Waals surface area contributed by atoms with Gasteiger partial charge >= 0.3 is 0 Å². The molecule has 0 aromatic heterocycles. The smallest absolute Gasteiger partial charge is 0.131 e. The van der Waals surface area contributed by atoms with Crippen molar-refractivity contribution in [3.05, 3.63) is 70.8 Å². The number of halogens is 2. The van der Waals surface area contributed by atoms with E-state index in [-0.39, 0.29) is 12.1 Å². The molecule has 3 nitrogen and oxygen atoms in total. The first-order valence-corrected chi connectivity index (χ1v) is 6.43. The van der Waals surface area contributed by atoms with E-state index in [1.165, 1.54) is 6.07 Å². The average Bonchev–Trinajstić information content (AvgIpc) is 2.47. The minimum Gasteiger partial charge on any atom is -0.387 e. The molecule has 0 saturated heterocycles. The van der Waals surface area contributed by atoms with E-state index in [0.29, 0.717) is 12.1 Å². The summed E-state index contributed by atoms with van der Waals surface area (Å²) in [7, 11) is 0. The van der Waals surface area contributed by atoms with Crippen LogP contribution in [0.2, 0.25) is 0 Å². The highest BCUT2D eigenvalue weighted by molar-refractivity contribution is 5.32. The number of nitrogens with one attached hydrogen (secondary N) is 1. The van der Waals surface area contributed by atoms with Crippen LogP contribution >= 0.6 is 0 Å². The van der Waals surface area contributed by atoms with Crippen LogP contribution in [0, 0.1) is 23.0 Å². The number of nitriles is 1. The fourth-order valence-corrected chi connectivity index (χ4v) is 2.04. The second kappa shape index (κ2) is 6.93. The summed E-state index contributed by atoms with van der Waals surface area (Å²) in [6, 6.07) is 12.5. The molecule has 0 heterocycles. The molecule has 2 aromatic rings. The number of aliphatic hydroxyl groups is 1. The predicted octanol–water partition coefficient (Wildman–Crippen LogP) is 2.66. The number of benzene rings is 2. The first kappa shape index (κ1) is 15.1. The Kier molecular flexibility index (Phi) is 4.99. The number of rotatable bonds is 5. The van der Waals surface area contributed by atoms with Crippen LogP contribution < -0.4 is 5.32 Å². The molecule has 21 heavy (non-hydrogen) atoms. The van der Waals surface area contributed by atoms with Gasteiger partial charge in [0.2, 0.25) is 0 Å². The first-order valence-electron chi connectivity index (χ1n) is 6.43. The highest BCUT2D eigenvalue weighted by Gasteiger charge is 2.17. The van der Waals surface area contributed by atoms with Crippen molar-refractivity contribution >= 4 is 0 Å². The van der Waals surface area contributed by atoms with Crippen molar-refractivity contribution in [1.82, 2.24) is 5.32 Å². The van der Waals surface area contributed by atoms with Crippen molar-refractivity contribution in [2.45, 2.75) is 12.6 Å². The lowest BCUT2D eigenvalue weighted by molar-refractivity contribution is 0.164. The quantitative estimate of drug-likeness (QED) is 0.889. The monoisotopic (exact) mass is 288 g/mol. The number of hydrogen-bond acceptors (Lipinski definition) is 3. The van der Waals surface area contributed by atoms with Gasteiger partial charge in [0, 0.05) is 13.1 Å². The van der Waals surface area contributed by atoms with Crippen LogP contribution in [0.3, 0.4) is 0 Å². The average molecular weight is 288 g/mol. The third-order valence-corrected chi connectivity index (χ3v) is 3.06. The molecule has 2 N–H and O–H groups in total. The van der Waals surface area contributed by atoms with Gasteiger partial charge in [-0.2, -0.15) is 5.26 Å². The lowest BCUT2D eigenvalue weighted by Gasteiger charge is -2.14. The van der Waals surface area contributed by atoms with Crippen molar-refractivity contribution in [2.24, 2.45) is 0 Å². The number of aliphatic hydroxyl groups excluding tert-OH is 1. The second-order valence-electron chi connectivity index (χ2n) is 4.59. The highest BCUT2D eigenvalue weighted by atomic mass is 19.1. The van der Waals surface area contributed by atoms with E-state index in [1.807, 2.05) is 12.1 Å². The van der Waals surface area contributed by atoms with Gasteiger partial charge in [-0.05, 0) is 29.8 Å². The first-order chi connectivity index (χ1) is 10.1. The lowest BCUT2D eigenvalue weighted by atomic mass is 10.1. The molecule has 0 bridgehead atoms. The molecule has 0 aliphatic carbocycles. The van der Waals surface area contributed by atoms with Gasteiger partial charge in [-0.25, -0.2) is 8.78 Å². The van der Waals surface area contributed by atoms with Crippen molar-refractivity contribution in [2.75, 3.05) is 6.54 Å². The molecule has 1 unspecified atom stereocenters. The standard InChI is InChI=1S/C16H14F2N2O/c17-13-5-2-6-14(18)16(13)15(21)10-20-9-12-4-1-3-11(7-12)8-19/h1-7,15,20-21H,9-10H2. The highest BCUT2D eigenvalue weighted by Crippen LogP contribution is 2.20. The summed E-state index contributed by atoms with van der Waals surface area (Å²) in [4.78, 5) is 0. The lowest BCUT2D eigenvalue weighted by Crippen LogP contribution is -2.22. The van der Waals surface area contributed by atoms with E-state index >= 15 is 0 Å². The number of nitrogens with zero attached hydrogens (tertiary/aromatic N) is 1. The molecule has 0 fully saturated rings. The summed E-state index contributed by atoms with van der Waals surface area (Å²) in [5.41, 5.74) is 1.06. The molecule has 0 saturated carbocycles. The van der Waals surface area contributed by atoms with E-state index in [1.54, 1.807) is 18.2 Å². The third kappa shape index (κ3) is 3.85. The van der Waals surface area contributed by atoms with Gasteiger partial charge in [-0.1, -0.05) is 18.2 Å². The molecule has 0 amide bonds. The third-order valence-electron chi connectivity index (χ3n) is 3.06. The van der Waals surface area contributed by atoms with Crippen LogP contribution in [0.1, 0.15) is 22.8 Å². The molecular weight excluding hydrogens is 274 g/mol. The molecule has 2 rings (SSSR count). The zero-order valence-corrected chi connectivity index (χ0v) is 11.2. The minimum absolute atomic E-state index is 0.00857. The van der Waals surface area contributed by atoms with Crippen LogP contribution in [-0.2, 0) is 6.54 Å². The van der Waals surface area contributed by atoms with Crippen LogP contribution in [-0.4, -0.2) is 11.7 Å². The van der Waals surface area contributed by atoms with Gasteiger partial charge in [-0.15, -0.1) is 0 Å². The maximum Gasteiger partial charge on any atom is 0.131 e. The Hall–Kier alpha value is -2.29. The summed E-state index contributed by atoms with van der Waals surface area (Å²) in [6.07, 6.45) is -1.27. The molecule has 5 heteroatoms. The zero-order valence-electron chi connectivity index (χ0n) is 11.2. The van der Waals surface area contributed by atoms with Gasteiger partial charge in [0.25, 0.3) is 0 Å². The van der Waals surface area contributed by atoms with Gasteiger partial charge < -0.3 is 10.4 Å². The van der Waals surface area contributed by atoms with E-state index in [4.69, 9.17) is 5.26 Å². The largest absolute Gasteiger partial charge is 0.387 e. The summed E-state index contributed by atoms with van der Waals surface area (Å²) >= 11 is 0. The van der Waals surface area contributed by atoms with Gasteiger partial charge in [-0.3, -0.25) is 0 Å². The van der Waals surface area contributed by atoms with Crippen LogP contribution in [0.15, 0.2) is 42.5 Å². The van der Waals surface area contributed by atoms with Crippen molar-refractivity contribution in [1.29, 1.82) is 5.26 Å². The summed E-state index contributed by atoms with van der Waals surface area (Å²) in [6.45, 7) is 0.400. The van der Waals surface area contributed by atoms with Crippen LogP contribution in [0.5, 0.6) is 0 Å². The summed E-state index contributed by atoms with van der Waals surface area (Å²) in [5.74, 6) is -1.54. The fraction of sp³-hybridized carbons (Fsp3) is 0.188. The Morgan fingerprint density at radius 1 is 1.14 bits per heavy atom. The molecular formula is C16H14F2N2O. The summed E-state index contributed by atoms with van der Waals surface area (Å²) in [5, 5.41) is 21.6. The van der Waals surface area contributed by atoms with Gasteiger partial charge in [0.1, 0.15) is 11.6 Å². The van der Waals surface area contributed by atoms with Crippen molar-refractivity contribution < 1.29 is 13.9 Å². The molecule has 0 spiro atoms. The molecule has 0 aliphatic heterocycles. The second-order valence-corrected chi connectivity index (χ2v) is 4.59. The van der Waals surface area contributed by atoms with E-state index in [0.717, 1.165) is 17.7 Å². The summed E-state index contributed by atoms with van der Waals surface area (Å²) < 4.78 is 27.0. The zero-order chi connectivity index (χ0) is 15.2. The maximum absolute atomic E-state index is 13.5. The Morgan fingerprint density at radius 2 is 1.81 bits per heavy atom. The Bertz CT molecular complexity index is 647. The Morgan fingerprint density at radius 3 is 2.48 bits per heavy atom. The SMILES string of the molecule is N#Cc1cccc(CNCC(O)c2c(F)cccc2F)c1. The van der Waals surface area contributed by atoms with Crippen molar-refractivity contribution in [3.63, 3.8) is 0 Å². The van der Waals surface area contributed by atoms with Crippen LogP contribution in [0.4, 0.5) is 8.78 Å². The molecule has 2 aromatic carbocycles. The van der Waals surface area contributed by atoms with Gasteiger partial charge in [0.05, 0.1) is 23.3 Å². The Labute approximate surface area is 121 Å². The Balaban J connectivity index is 1.95. The van der Waals surface area contributed by atoms with Crippen LogP contribution in [0.25, 0.3) is 0 Å². The van der Waals surface area contributed by atoms with E-state index in [9.17, 15) is 13.9 Å².